The fraction of sp³-hybridized carbons (Fsp3) is 0.120. The topological polar surface area (TPSA) is 0 Å². The van der Waals surface area contributed by atoms with Crippen molar-refractivity contribution >= 4 is 58.2 Å². The Kier molecular flexibility index (Phi) is 3.06. The van der Waals surface area contributed by atoms with Crippen molar-refractivity contribution in [1.82, 2.24) is 0 Å². The molecular formula is C25H17BrS. The van der Waals surface area contributed by atoms with Gasteiger partial charge in [0.15, 0.2) is 0 Å². The summed E-state index contributed by atoms with van der Waals surface area (Å²) in [5.41, 5.74) is 5.65. The van der Waals surface area contributed by atoms with E-state index in [0.717, 1.165) is 4.47 Å². The minimum Gasteiger partial charge on any atom is -0.135 e. The van der Waals surface area contributed by atoms with Crippen LogP contribution in [-0.2, 0) is 5.41 Å². The maximum Gasteiger partial charge on any atom is 0.0362 e. The molecule has 0 atom stereocenters. The molecule has 0 saturated heterocycles. The molecule has 27 heavy (non-hydrogen) atoms. The summed E-state index contributed by atoms with van der Waals surface area (Å²) in [4.78, 5) is 0. The SMILES string of the molecule is CC1(C)c2ccc(Br)cc2-c2cc3sc4ccc5ccccc5c4c3cc21. The van der Waals surface area contributed by atoms with E-state index in [-0.39, 0.29) is 5.41 Å². The lowest BCUT2D eigenvalue weighted by Crippen LogP contribution is -2.14. The first-order chi connectivity index (χ1) is 13.0. The number of halogens is 1. The van der Waals surface area contributed by atoms with Crippen molar-refractivity contribution in [3.63, 3.8) is 0 Å². The average Bonchev–Trinajstić information content (AvgIpc) is 3.13. The second-order valence-corrected chi connectivity index (χ2v) is 9.97. The van der Waals surface area contributed by atoms with Crippen LogP contribution in [0.4, 0.5) is 0 Å². The highest BCUT2D eigenvalue weighted by Gasteiger charge is 2.36. The molecule has 4 aromatic carbocycles. The number of hydrogen-bond acceptors (Lipinski definition) is 1. The van der Waals surface area contributed by atoms with Gasteiger partial charge in [-0.1, -0.05) is 66.2 Å². The van der Waals surface area contributed by atoms with E-state index >= 15 is 0 Å². The van der Waals surface area contributed by atoms with Gasteiger partial charge in [0.25, 0.3) is 0 Å². The standard InChI is InChI=1S/C25H17BrS/c1-25(2)20-9-8-15(26)11-17(20)18-13-23-19(12-21(18)25)24-16-6-4-3-5-14(16)7-10-22(24)27-23/h3-13H,1-2H3. The zero-order chi connectivity index (χ0) is 18.3. The fourth-order valence-electron chi connectivity index (χ4n) is 4.76. The normalized spacial score (nSPS) is 14.8. The predicted octanol–water partition coefficient (Wildman–Crippen LogP) is 8.28. The molecule has 0 spiro atoms. The van der Waals surface area contributed by atoms with Gasteiger partial charge in [-0.25, -0.2) is 0 Å². The van der Waals surface area contributed by atoms with E-state index in [1.54, 1.807) is 0 Å². The molecule has 0 nitrogen and oxygen atoms in total. The van der Waals surface area contributed by atoms with E-state index < -0.39 is 0 Å². The molecule has 5 aromatic rings. The smallest absolute Gasteiger partial charge is 0.0362 e. The third-order valence-electron chi connectivity index (χ3n) is 6.12. The van der Waals surface area contributed by atoms with Crippen LogP contribution >= 0.6 is 27.3 Å². The Hall–Kier alpha value is -2.16. The third-order valence-corrected chi connectivity index (χ3v) is 7.73. The van der Waals surface area contributed by atoms with Crippen molar-refractivity contribution in [3.05, 3.63) is 82.3 Å². The van der Waals surface area contributed by atoms with Gasteiger partial charge in [-0.2, -0.15) is 0 Å². The molecule has 0 radical (unpaired) electrons. The molecule has 0 aliphatic heterocycles. The molecular weight excluding hydrogens is 412 g/mol. The second-order valence-electron chi connectivity index (χ2n) is 7.97. The monoisotopic (exact) mass is 428 g/mol. The van der Waals surface area contributed by atoms with Gasteiger partial charge in [0.1, 0.15) is 0 Å². The molecule has 2 heteroatoms. The van der Waals surface area contributed by atoms with Gasteiger partial charge in [-0.05, 0) is 63.4 Å². The van der Waals surface area contributed by atoms with E-state index in [1.165, 1.54) is 53.2 Å². The molecule has 0 amide bonds. The van der Waals surface area contributed by atoms with Crippen LogP contribution in [0.2, 0.25) is 0 Å². The molecule has 0 bridgehead atoms. The van der Waals surface area contributed by atoms with Crippen LogP contribution in [0.25, 0.3) is 42.1 Å². The van der Waals surface area contributed by atoms with Crippen molar-refractivity contribution < 1.29 is 0 Å². The number of thiophene rings is 1. The van der Waals surface area contributed by atoms with Gasteiger partial charge < -0.3 is 0 Å². The Morgan fingerprint density at radius 1 is 0.741 bits per heavy atom. The van der Waals surface area contributed by atoms with E-state index in [2.05, 4.69) is 96.5 Å². The minimum atomic E-state index is 0.0262. The minimum absolute atomic E-state index is 0.0262. The van der Waals surface area contributed by atoms with Gasteiger partial charge in [-0.3, -0.25) is 0 Å². The molecule has 1 aliphatic carbocycles. The Labute approximate surface area is 170 Å². The number of benzene rings is 4. The Bertz CT molecular complexity index is 1400. The van der Waals surface area contributed by atoms with Gasteiger partial charge in [-0.15, -0.1) is 11.3 Å². The van der Waals surface area contributed by atoms with Crippen molar-refractivity contribution in [2.75, 3.05) is 0 Å². The summed E-state index contributed by atoms with van der Waals surface area (Å²) in [6.45, 7) is 4.70. The zero-order valence-corrected chi connectivity index (χ0v) is 17.5. The highest BCUT2D eigenvalue weighted by Crippen LogP contribution is 2.52. The molecule has 130 valence electrons. The van der Waals surface area contributed by atoms with Crippen LogP contribution < -0.4 is 0 Å². The van der Waals surface area contributed by atoms with Gasteiger partial charge >= 0.3 is 0 Å². The Morgan fingerprint density at radius 3 is 2.44 bits per heavy atom. The van der Waals surface area contributed by atoms with E-state index in [0.29, 0.717) is 0 Å². The first kappa shape index (κ1) is 15.9. The average molecular weight is 429 g/mol. The predicted molar refractivity (Wildman–Crippen MR) is 122 cm³/mol. The van der Waals surface area contributed by atoms with Crippen molar-refractivity contribution in [2.24, 2.45) is 0 Å². The summed E-state index contributed by atoms with van der Waals surface area (Å²) in [5.74, 6) is 0. The molecule has 1 aliphatic rings. The lowest BCUT2D eigenvalue weighted by Gasteiger charge is -2.21. The van der Waals surface area contributed by atoms with Crippen molar-refractivity contribution in [3.8, 4) is 11.1 Å². The maximum absolute atomic E-state index is 3.66. The van der Waals surface area contributed by atoms with Crippen molar-refractivity contribution in [2.45, 2.75) is 19.3 Å². The maximum atomic E-state index is 3.66. The summed E-state index contributed by atoms with van der Waals surface area (Å²) < 4.78 is 3.90. The summed E-state index contributed by atoms with van der Waals surface area (Å²) in [6.07, 6.45) is 0. The van der Waals surface area contributed by atoms with Gasteiger partial charge in [0.2, 0.25) is 0 Å². The molecule has 6 rings (SSSR count). The molecule has 0 unspecified atom stereocenters. The quantitative estimate of drug-likeness (QED) is 0.232. The summed E-state index contributed by atoms with van der Waals surface area (Å²) >= 11 is 5.57. The van der Waals surface area contributed by atoms with Crippen LogP contribution in [0, 0.1) is 0 Å². The lowest BCUT2D eigenvalue weighted by atomic mass is 9.82. The highest BCUT2D eigenvalue weighted by molar-refractivity contribution is 9.10. The molecule has 0 fully saturated rings. The van der Waals surface area contributed by atoms with Crippen LogP contribution in [-0.4, -0.2) is 0 Å². The molecule has 0 saturated carbocycles. The molecule has 0 N–H and O–H groups in total. The van der Waals surface area contributed by atoms with E-state index in [9.17, 15) is 0 Å². The second kappa shape index (κ2) is 5.21. The number of fused-ring (bicyclic) bond motifs is 8. The lowest BCUT2D eigenvalue weighted by molar-refractivity contribution is 0.661. The van der Waals surface area contributed by atoms with Crippen LogP contribution in [0.5, 0.6) is 0 Å². The van der Waals surface area contributed by atoms with Crippen LogP contribution in [0.15, 0.2) is 71.2 Å². The molecule has 1 aromatic heterocycles. The number of rotatable bonds is 0. The summed E-state index contributed by atoms with van der Waals surface area (Å²) in [7, 11) is 0. The fourth-order valence-corrected chi connectivity index (χ4v) is 6.27. The van der Waals surface area contributed by atoms with Gasteiger partial charge in [0, 0.05) is 30.1 Å². The third kappa shape index (κ3) is 2.03. The van der Waals surface area contributed by atoms with Gasteiger partial charge in [0.05, 0.1) is 0 Å². The highest BCUT2D eigenvalue weighted by atomic mass is 79.9. The van der Waals surface area contributed by atoms with Crippen LogP contribution in [0.1, 0.15) is 25.0 Å². The summed E-state index contributed by atoms with van der Waals surface area (Å²) in [5, 5.41) is 5.48. The Morgan fingerprint density at radius 2 is 1.56 bits per heavy atom. The van der Waals surface area contributed by atoms with Crippen LogP contribution in [0.3, 0.4) is 0 Å². The first-order valence-corrected chi connectivity index (χ1v) is 10.8. The Balaban J connectivity index is 1.78. The number of hydrogen-bond donors (Lipinski definition) is 0. The van der Waals surface area contributed by atoms with E-state index in [1.807, 2.05) is 11.3 Å². The largest absolute Gasteiger partial charge is 0.135 e. The zero-order valence-electron chi connectivity index (χ0n) is 15.1. The van der Waals surface area contributed by atoms with Crippen molar-refractivity contribution in [1.29, 1.82) is 0 Å². The summed E-state index contributed by atoms with van der Waals surface area (Å²) in [6, 6.07) is 24.9. The first-order valence-electron chi connectivity index (χ1n) is 9.23. The molecule has 1 heterocycles. The van der Waals surface area contributed by atoms with E-state index in [4.69, 9.17) is 0 Å².